The topological polar surface area (TPSA) is 53.2 Å². The second-order valence-electron chi connectivity index (χ2n) is 6.16. The fraction of sp³-hybridized carbons (Fsp3) is 0.316. The number of carbonyl (C=O) groups is 1. The molecule has 2 atom stereocenters. The van der Waals surface area contributed by atoms with E-state index in [9.17, 15) is 4.79 Å². The number of amides is 1. The van der Waals surface area contributed by atoms with E-state index in [2.05, 4.69) is 66.4 Å². The van der Waals surface area contributed by atoms with E-state index in [0.717, 1.165) is 11.1 Å². The van der Waals surface area contributed by atoms with E-state index in [1.165, 1.54) is 11.1 Å². The summed E-state index contributed by atoms with van der Waals surface area (Å²) in [5, 5.41) is 3.07. The Bertz CT molecular complexity index is 681. The lowest BCUT2D eigenvalue weighted by Gasteiger charge is -2.19. The lowest BCUT2D eigenvalue weighted by Crippen LogP contribution is -2.34. The van der Waals surface area contributed by atoms with Crippen LogP contribution in [0.25, 0.3) is 0 Å². The Kier molecular flexibility index (Phi) is 4.74. The summed E-state index contributed by atoms with van der Waals surface area (Å²) in [4.78, 5) is 12.6. The summed E-state index contributed by atoms with van der Waals surface area (Å²) < 4.78 is 0. The molecular formula is C19H23N3O. The second-order valence-corrected chi connectivity index (χ2v) is 6.16. The molecule has 0 saturated carbocycles. The van der Waals surface area contributed by atoms with E-state index in [1.54, 1.807) is 0 Å². The molecule has 2 aromatic carbocycles. The van der Waals surface area contributed by atoms with Crippen LogP contribution in [0.2, 0.25) is 0 Å². The van der Waals surface area contributed by atoms with Crippen LogP contribution in [-0.4, -0.2) is 12.5 Å². The quantitative estimate of drug-likeness (QED) is 0.813. The van der Waals surface area contributed by atoms with Gasteiger partial charge in [-0.3, -0.25) is 10.2 Å². The number of rotatable bonds is 4. The number of benzene rings is 2. The van der Waals surface area contributed by atoms with Gasteiger partial charge in [0, 0.05) is 13.1 Å². The summed E-state index contributed by atoms with van der Waals surface area (Å²) >= 11 is 0. The van der Waals surface area contributed by atoms with Gasteiger partial charge in [-0.15, -0.1) is 0 Å². The Hall–Kier alpha value is -2.17. The van der Waals surface area contributed by atoms with Crippen molar-refractivity contribution in [1.82, 2.24) is 16.2 Å². The Morgan fingerprint density at radius 2 is 1.87 bits per heavy atom. The lowest BCUT2D eigenvalue weighted by atomic mass is 9.93. The summed E-state index contributed by atoms with van der Waals surface area (Å²) in [5.41, 5.74) is 11.1. The van der Waals surface area contributed by atoms with Crippen molar-refractivity contribution in [3.05, 3.63) is 70.8 Å². The zero-order valence-electron chi connectivity index (χ0n) is 13.6. The van der Waals surface area contributed by atoms with E-state index in [1.807, 2.05) is 12.1 Å². The third-order valence-corrected chi connectivity index (χ3v) is 4.47. The number of hydrogen-bond acceptors (Lipinski definition) is 3. The van der Waals surface area contributed by atoms with Crippen LogP contribution in [0, 0.1) is 19.8 Å². The van der Waals surface area contributed by atoms with Crippen molar-refractivity contribution >= 4 is 5.91 Å². The van der Waals surface area contributed by atoms with Crippen molar-refractivity contribution < 1.29 is 4.79 Å². The molecule has 1 amide bonds. The van der Waals surface area contributed by atoms with Crippen LogP contribution in [0.4, 0.5) is 0 Å². The first kappa shape index (κ1) is 15.7. The van der Waals surface area contributed by atoms with Gasteiger partial charge in [0.25, 0.3) is 0 Å². The number of hydrazine groups is 1. The van der Waals surface area contributed by atoms with Crippen LogP contribution >= 0.6 is 0 Å². The van der Waals surface area contributed by atoms with Crippen LogP contribution in [-0.2, 0) is 11.3 Å². The van der Waals surface area contributed by atoms with E-state index in [4.69, 9.17) is 0 Å². The molecule has 1 aliphatic rings. The predicted octanol–water partition coefficient (Wildman–Crippen LogP) is 2.38. The second kappa shape index (κ2) is 6.94. The number of nitrogens with one attached hydrogen (secondary N) is 3. The molecule has 3 rings (SSSR count). The highest BCUT2D eigenvalue weighted by Crippen LogP contribution is 2.25. The molecular weight excluding hydrogens is 286 g/mol. The summed E-state index contributed by atoms with van der Waals surface area (Å²) in [6.45, 7) is 5.34. The van der Waals surface area contributed by atoms with Crippen LogP contribution in [0.15, 0.2) is 48.5 Å². The molecule has 1 aliphatic heterocycles. The van der Waals surface area contributed by atoms with Crippen LogP contribution < -0.4 is 16.2 Å². The summed E-state index contributed by atoms with van der Waals surface area (Å²) in [7, 11) is 0. The van der Waals surface area contributed by atoms with Crippen molar-refractivity contribution in [1.29, 1.82) is 0 Å². The van der Waals surface area contributed by atoms with E-state index in [0.29, 0.717) is 13.1 Å². The summed E-state index contributed by atoms with van der Waals surface area (Å²) in [6, 6.07) is 16.5. The highest BCUT2D eigenvalue weighted by Gasteiger charge is 2.33. The van der Waals surface area contributed by atoms with Crippen LogP contribution in [0.1, 0.15) is 28.3 Å². The van der Waals surface area contributed by atoms with Crippen LogP contribution in [0.3, 0.4) is 0 Å². The molecule has 1 fully saturated rings. The molecule has 4 nitrogen and oxygen atoms in total. The largest absolute Gasteiger partial charge is 0.352 e. The van der Waals surface area contributed by atoms with Crippen molar-refractivity contribution in [2.24, 2.45) is 5.92 Å². The molecule has 0 bridgehead atoms. The molecule has 0 aromatic heterocycles. The van der Waals surface area contributed by atoms with E-state index in [-0.39, 0.29) is 17.9 Å². The minimum absolute atomic E-state index is 0.00692. The fourth-order valence-corrected chi connectivity index (χ4v) is 2.95. The smallest absolute Gasteiger partial charge is 0.226 e. The van der Waals surface area contributed by atoms with Gasteiger partial charge in [-0.05, 0) is 30.5 Å². The summed E-state index contributed by atoms with van der Waals surface area (Å²) in [5.74, 6) is -0.0296. The van der Waals surface area contributed by atoms with Crippen LogP contribution in [0.5, 0.6) is 0 Å². The van der Waals surface area contributed by atoms with Crippen molar-refractivity contribution in [2.45, 2.75) is 26.4 Å². The number of carbonyl (C=O) groups excluding carboxylic acids is 1. The minimum atomic E-state index is -0.110. The van der Waals surface area contributed by atoms with E-state index >= 15 is 0 Å². The highest BCUT2D eigenvalue weighted by atomic mass is 16.2. The third-order valence-electron chi connectivity index (χ3n) is 4.47. The Morgan fingerprint density at radius 3 is 2.61 bits per heavy atom. The molecule has 2 aromatic rings. The third kappa shape index (κ3) is 3.60. The first-order chi connectivity index (χ1) is 11.1. The molecule has 0 spiro atoms. The lowest BCUT2D eigenvalue weighted by molar-refractivity contribution is -0.125. The zero-order valence-corrected chi connectivity index (χ0v) is 13.6. The molecule has 23 heavy (non-hydrogen) atoms. The molecule has 1 heterocycles. The number of aryl methyl sites for hydroxylation is 2. The summed E-state index contributed by atoms with van der Waals surface area (Å²) in [6.07, 6.45) is 0. The minimum Gasteiger partial charge on any atom is -0.352 e. The Morgan fingerprint density at radius 1 is 1.13 bits per heavy atom. The van der Waals surface area contributed by atoms with E-state index < -0.39 is 0 Å². The predicted molar refractivity (Wildman–Crippen MR) is 91.6 cm³/mol. The average molecular weight is 309 g/mol. The monoisotopic (exact) mass is 309 g/mol. The van der Waals surface area contributed by atoms with Crippen molar-refractivity contribution in [3.63, 3.8) is 0 Å². The van der Waals surface area contributed by atoms with Gasteiger partial charge in [0.15, 0.2) is 0 Å². The maximum atomic E-state index is 12.6. The molecule has 120 valence electrons. The molecule has 4 heteroatoms. The highest BCUT2D eigenvalue weighted by molar-refractivity contribution is 5.80. The van der Waals surface area contributed by atoms with Gasteiger partial charge in [-0.1, -0.05) is 54.1 Å². The molecule has 0 radical (unpaired) electrons. The first-order valence-corrected chi connectivity index (χ1v) is 8.02. The normalized spacial score (nSPS) is 20.4. The maximum absolute atomic E-state index is 12.6. The molecule has 0 aliphatic carbocycles. The number of hydrogen-bond donors (Lipinski definition) is 3. The van der Waals surface area contributed by atoms with Gasteiger partial charge < -0.3 is 5.32 Å². The van der Waals surface area contributed by atoms with Crippen molar-refractivity contribution in [3.8, 4) is 0 Å². The zero-order chi connectivity index (χ0) is 16.2. The van der Waals surface area contributed by atoms with Crippen molar-refractivity contribution in [2.75, 3.05) is 6.54 Å². The maximum Gasteiger partial charge on any atom is 0.226 e. The van der Waals surface area contributed by atoms with Gasteiger partial charge in [-0.25, -0.2) is 5.43 Å². The van der Waals surface area contributed by atoms with Gasteiger partial charge >= 0.3 is 0 Å². The fourth-order valence-electron chi connectivity index (χ4n) is 2.95. The SMILES string of the molecule is Cc1ccc(C2NNCC2C(=O)NCc2ccccc2C)cc1. The first-order valence-electron chi connectivity index (χ1n) is 8.02. The van der Waals surface area contributed by atoms with Gasteiger partial charge in [0.05, 0.1) is 12.0 Å². The van der Waals surface area contributed by atoms with Gasteiger partial charge in [0.1, 0.15) is 0 Å². The van der Waals surface area contributed by atoms with Gasteiger partial charge in [0.2, 0.25) is 5.91 Å². The van der Waals surface area contributed by atoms with Gasteiger partial charge in [-0.2, -0.15) is 0 Å². The Balaban J connectivity index is 1.66. The molecule has 3 N–H and O–H groups in total. The molecule has 1 saturated heterocycles. The average Bonchev–Trinajstić information content (AvgIpc) is 3.04. The Labute approximate surface area is 137 Å². The molecule has 2 unspecified atom stereocenters. The standard InChI is InChI=1S/C19H23N3O/c1-13-7-9-15(10-8-13)18-17(12-21-22-18)19(23)20-11-16-6-4-3-5-14(16)2/h3-10,17-18,21-22H,11-12H2,1-2H3,(H,20,23).